The quantitative estimate of drug-likeness (QED) is 0.0255. The van der Waals surface area contributed by atoms with E-state index in [4.69, 9.17) is 0 Å². The van der Waals surface area contributed by atoms with E-state index < -0.39 is 20.8 Å². The van der Waals surface area contributed by atoms with Crippen molar-refractivity contribution in [3.63, 3.8) is 0 Å². The summed E-state index contributed by atoms with van der Waals surface area (Å²) in [7, 11) is -9.14. The van der Waals surface area contributed by atoms with Gasteiger partial charge in [0.15, 0.2) is 0 Å². The molecule has 2 unspecified atom stereocenters. The summed E-state index contributed by atoms with van der Waals surface area (Å²) in [5.41, 5.74) is 0. The molecule has 0 bridgehead atoms. The zero-order valence-electron chi connectivity index (χ0n) is 45.3. The van der Waals surface area contributed by atoms with Gasteiger partial charge in [0.05, 0.1) is 13.2 Å². The van der Waals surface area contributed by atoms with E-state index in [1.807, 2.05) is 0 Å². The van der Waals surface area contributed by atoms with Crippen LogP contribution in [0.4, 0.5) is 0 Å². The Hall–Kier alpha value is 1.000. The maximum Gasteiger partial charge on any atom is 2.00 e. The monoisotopic (exact) mass is 1020 g/mol. The van der Waals surface area contributed by atoms with Crippen LogP contribution in [-0.2, 0) is 29.2 Å². The molecule has 0 aromatic rings. The third-order valence-electron chi connectivity index (χ3n) is 13.8. The topological polar surface area (TPSA) is 133 Å². The minimum atomic E-state index is -4.57. The molecule has 400 valence electrons. The third-order valence-corrected chi connectivity index (χ3v) is 14.6. The van der Waals surface area contributed by atoms with Gasteiger partial charge in [0.25, 0.3) is 0 Å². The molecule has 0 saturated carbocycles. The summed E-state index contributed by atoms with van der Waals surface area (Å²) < 4.78 is 74.0. The van der Waals surface area contributed by atoms with Gasteiger partial charge < -0.3 is 9.11 Å². The molecule has 0 rings (SSSR count). The second kappa shape index (κ2) is 57.9. The summed E-state index contributed by atoms with van der Waals surface area (Å²) in [6.07, 6.45) is 62.2. The van der Waals surface area contributed by atoms with E-state index in [1.165, 1.54) is 257 Å². The zero-order valence-corrected chi connectivity index (χ0v) is 49.1. The first kappa shape index (κ1) is 72.2. The normalized spacial score (nSPS) is 12.7. The van der Waals surface area contributed by atoms with E-state index in [9.17, 15) is 25.9 Å². The number of hydrogen-bond acceptors (Lipinski definition) is 8. The van der Waals surface area contributed by atoms with Crippen molar-refractivity contribution < 1.29 is 34.3 Å². The van der Waals surface area contributed by atoms with Crippen molar-refractivity contribution >= 4 is 58.5 Å². The summed E-state index contributed by atoms with van der Waals surface area (Å²) in [6.45, 7) is 9.10. The van der Waals surface area contributed by atoms with Gasteiger partial charge in [-0.3, -0.25) is 8.37 Å². The smallest absolute Gasteiger partial charge is 0.726 e. The Morgan fingerprint density at radius 2 is 0.403 bits per heavy atom. The van der Waals surface area contributed by atoms with Crippen LogP contribution in [0.25, 0.3) is 0 Å². The molecule has 0 heterocycles. The largest absolute Gasteiger partial charge is 2.00 e. The molecule has 0 saturated heterocycles. The molecule has 0 aliphatic carbocycles. The molecule has 0 spiro atoms. The molecule has 0 aliphatic heterocycles. The van der Waals surface area contributed by atoms with Crippen LogP contribution in [0, 0.1) is 11.8 Å². The van der Waals surface area contributed by atoms with Crippen LogP contribution in [0.15, 0.2) is 0 Å². The van der Waals surface area contributed by atoms with Crippen molar-refractivity contribution in [2.75, 3.05) is 13.2 Å². The van der Waals surface area contributed by atoms with Gasteiger partial charge in [-0.2, -0.15) is 0 Å². The molecule has 0 aromatic heterocycles. The van der Waals surface area contributed by atoms with E-state index in [0.29, 0.717) is 0 Å². The first-order chi connectivity index (χ1) is 32.0. The SMILES string of the molecule is CCCCCCCCCCCCCCCCCCCC(CCCCCCC)COS(=O)(=O)[O-].CCCCCCCCCCCCCCCCCCCC(CCCCCCC)COS(=O)(=O)[O-].[Ca+2]. The van der Waals surface area contributed by atoms with Gasteiger partial charge in [-0.25, -0.2) is 16.8 Å². The number of unbranched alkanes of at least 4 members (excludes halogenated alkanes) is 40. The maximum atomic E-state index is 10.8. The predicted molar refractivity (Wildman–Crippen MR) is 288 cm³/mol. The van der Waals surface area contributed by atoms with Crippen LogP contribution in [0.2, 0.25) is 0 Å². The fraction of sp³-hybridized carbons (Fsp3) is 1.00. The van der Waals surface area contributed by atoms with E-state index in [0.717, 1.165) is 51.4 Å². The summed E-state index contributed by atoms with van der Waals surface area (Å²) in [5.74, 6) is 0.401. The van der Waals surface area contributed by atoms with Crippen LogP contribution >= 0.6 is 0 Å². The molecule has 0 aliphatic rings. The van der Waals surface area contributed by atoms with Gasteiger partial charge in [-0.1, -0.05) is 310 Å². The molecule has 11 heteroatoms. The molecule has 2 atom stereocenters. The molecule has 0 N–H and O–H groups in total. The Labute approximate surface area is 450 Å². The molecule has 0 amide bonds. The summed E-state index contributed by atoms with van der Waals surface area (Å²) in [6, 6.07) is 0. The molecule has 0 radical (unpaired) electrons. The van der Waals surface area contributed by atoms with Gasteiger partial charge >= 0.3 is 37.7 Å². The second-order valence-corrected chi connectivity index (χ2v) is 22.5. The summed E-state index contributed by atoms with van der Waals surface area (Å²) >= 11 is 0. The Bertz CT molecular complexity index is 1050. The number of rotatable bonds is 54. The summed E-state index contributed by atoms with van der Waals surface area (Å²) in [5, 5.41) is 0. The third kappa shape index (κ3) is 67.0. The van der Waals surface area contributed by atoms with E-state index >= 15 is 0 Å². The van der Waals surface area contributed by atoms with Crippen molar-refractivity contribution in [2.24, 2.45) is 11.8 Å². The van der Waals surface area contributed by atoms with E-state index in [1.54, 1.807) is 0 Å². The zero-order chi connectivity index (χ0) is 48.9. The molecule has 0 aromatic carbocycles. The Balaban J connectivity index is -0.00000120. The fourth-order valence-corrected chi connectivity index (χ4v) is 10.1. The molecule has 8 nitrogen and oxygen atoms in total. The Morgan fingerprint density at radius 3 is 0.537 bits per heavy atom. The average Bonchev–Trinajstić information content (AvgIpc) is 3.28. The fourth-order valence-electron chi connectivity index (χ4n) is 9.37. The standard InChI is InChI=1S/2C28H58O4S.Ca/c2*1-3-5-7-9-10-11-12-13-14-15-16-17-18-19-20-22-24-26-28(27-32-33(29,30)31)25-23-21-8-6-4-2;/h2*28H,3-27H2,1-2H3,(H,29,30,31);/q;;+2/p-2. The van der Waals surface area contributed by atoms with Gasteiger partial charge in [0.1, 0.15) is 0 Å². The van der Waals surface area contributed by atoms with Gasteiger partial charge in [-0.05, 0) is 37.5 Å². The van der Waals surface area contributed by atoms with Crippen molar-refractivity contribution in [1.29, 1.82) is 0 Å². The average molecular weight is 1020 g/mol. The minimum absolute atomic E-state index is 0. The Morgan fingerprint density at radius 1 is 0.269 bits per heavy atom. The molecule has 0 fully saturated rings. The van der Waals surface area contributed by atoms with E-state index in [-0.39, 0.29) is 62.8 Å². The van der Waals surface area contributed by atoms with Crippen molar-refractivity contribution in [2.45, 2.75) is 336 Å². The molecule has 67 heavy (non-hydrogen) atoms. The van der Waals surface area contributed by atoms with Gasteiger partial charge in [-0.15, -0.1) is 0 Å². The van der Waals surface area contributed by atoms with Crippen LogP contribution in [0.5, 0.6) is 0 Å². The molecular formula is C56H114CaO8S2. The van der Waals surface area contributed by atoms with Crippen LogP contribution in [0.3, 0.4) is 0 Å². The van der Waals surface area contributed by atoms with Crippen molar-refractivity contribution in [3.8, 4) is 0 Å². The van der Waals surface area contributed by atoms with Crippen LogP contribution < -0.4 is 0 Å². The van der Waals surface area contributed by atoms with Crippen molar-refractivity contribution in [1.82, 2.24) is 0 Å². The minimum Gasteiger partial charge on any atom is -0.726 e. The number of hydrogen-bond donors (Lipinski definition) is 0. The predicted octanol–water partition coefficient (Wildman–Crippen LogP) is 18.6. The van der Waals surface area contributed by atoms with Crippen LogP contribution in [-0.4, -0.2) is 76.9 Å². The van der Waals surface area contributed by atoms with Crippen LogP contribution in [0.1, 0.15) is 336 Å². The Kier molecular flexibility index (Phi) is 62.4. The first-order valence-corrected chi connectivity index (χ1v) is 31.9. The summed E-state index contributed by atoms with van der Waals surface area (Å²) in [4.78, 5) is 0. The second-order valence-electron chi connectivity index (χ2n) is 20.4. The molecular weight excluding hydrogens is 905 g/mol. The maximum absolute atomic E-state index is 10.8. The van der Waals surface area contributed by atoms with E-state index in [2.05, 4.69) is 36.1 Å². The first-order valence-electron chi connectivity index (χ1n) is 29.2. The van der Waals surface area contributed by atoms with Crippen molar-refractivity contribution in [3.05, 3.63) is 0 Å². The van der Waals surface area contributed by atoms with Gasteiger partial charge in [0, 0.05) is 0 Å². The van der Waals surface area contributed by atoms with Gasteiger partial charge in [0.2, 0.25) is 20.8 Å².